The van der Waals surface area contributed by atoms with Crippen molar-refractivity contribution in [3.63, 3.8) is 0 Å². The first kappa shape index (κ1) is 11.3. The maximum Gasteiger partial charge on any atom is 0.409 e. The Morgan fingerprint density at radius 3 is 2.71 bits per heavy atom. The topological polar surface area (TPSA) is 41.6 Å². The molecule has 0 bridgehead atoms. The standard InChI is InChI=1S/C10H20N2O2/c1-3-12(4-2)10(13)14-8-9-5-6-11-7-9/h9,11H,3-8H2,1-2H3. The molecule has 1 unspecified atom stereocenters. The third-order valence-electron chi connectivity index (χ3n) is 2.63. The highest BCUT2D eigenvalue weighted by atomic mass is 16.6. The number of carbonyl (C=O) groups excluding carboxylic acids is 1. The predicted octanol–water partition coefficient (Wildman–Crippen LogP) is 1.07. The molecule has 1 aliphatic heterocycles. The van der Waals surface area contributed by atoms with Crippen molar-refractivity contribution in [3.8, 4) is 0 Å². The van der Waals surface area contributed by atoms with Crippen LogP contribution < -0.4 is 5.32 Å². The van der Waals surface area contributed by atoms with E-state index in [1.165, 1.54) is 0 Å². The van der Waals surface area contributed by atoms with Gasteiger partial charge in [-0.1, -0.05) is 0 Å². The van der Waals surface area contributed by atoms with Gasteiger partial charge in [0.2, 0.25) is 0 Å². The molecule has 4 nitrogen and oxygen atoms in total. The quantitative estimate of drug-likeness (QED) is 0.738. The molecule has 4 heteroatoms. The molecule has 1 fully saturated rings. The second-order valence-electron chi connectivity index (χ2n) is 3.61. The summed E-state index contributed by atoms with van der Waals surface area (Å²) in [5, 5.41) is 3.25. The molecular weight excluding hydrogens is 180 g/mol. The number of nitrogens with zero attached hydrogens (tertiary/aromatic N) is 1. The highest BCUT2D eigenvalue weighted by Gasteiger charge is 2.18. The van der Waals surface area contributed by atoms with E-state index in [2.05, 4.69) is 5.32 Å². The van der Waals surface area contributed by atoms with E-state index in [-0.39, 0.29) is 6.09 Å². The summed E-state index contributed by atoms with van der Waals surface area (Å²) in [5.74, 6) is 0.509. The molecule has 0 aromatic carbocycles. The Morgan fingerprint density at radius 2 is 2.21 bits per heavy atom. The predicted molar refractivity (Wildman–Crippen MR) is 55.2 cm³/mol. The first-order valence-electron chi connectivity index (χ1n) is 5.40. The number of ether oxygens (including phenoxy) is 1. The van der Waals surface area contributed by atoms with Crippen LogP contribution in [0.5, 0.6) is 0 Å². The van der Waals surface area contributed by atoms with Gasteiger partial charge < -0.3 is 15.0 Å². The number of hydrogen-bond donors (Lipinski definition) is 1. The van der Waals surface area contributed by atoms with Gasteiger partial charge in [-0.15, -0.1) is 0 Å². The van der Waals surface area contributed by atoms with Crippen molar-refractivity contribution >= 4 is 6.09 Å². The van der Waals surface area contributed by atoms with E-state index >= 15 is 0 Å². The molecule has 1 rings (SSSR count). The van der Waals surface area contributed by atoms with Gasteiger partial charge in [0.15, 0.2) is 0 Å². The van der Waals surface area contributed by atoms with Crippen LogP contribution in [0, 0.1) is 5.92 Å². The summed E-state index contributed by atoms with van der Waals surface area (Å²) < 4.78 is 5.22. The van der Waals surface area contributed by atoms with Gasteiger partial charge in [0.1, 0.15) is 0 Å². The van der Waals surface area contributed by atoms with E-state index in [0.29, 0.717) is 12.5 Å². The zero-order valence-corrected chi connectivity index (χ0v) is 9.08. The number of amides is 1. The Labute approximate surface area is 85.6 Å². The highest BCUT2D eigenvalue weighted by Crippen LogP contribution is 2.08. The Hall–Kier alpha value is -0.770. The highest BCUT2D eigenvalue weighted by molar-refractivity contribution is 5.67. The molecule has 82 valence electrons. The van der Waals surface area contributed by atoms with Gasteiger partial charge in [-0.2, -0.15) is 0 Å². The second kappa shape index (κ2) is 5.86. The minimum absolute atomic E-state index is 0.179. The van der Waals surface area contributed by atoms with E-state index in [9.17, 15) is 4.79 Å². The summed E-state index contributed by atoms with van der Waals surface area (Å²) in [4.78, 5) is 13.1. The van der Waals surface area contributed by atoms with Gasteiger partial charge in [0, 0.05) is 25.6 Å². The summed E-state index contributed by atoms with van der Waals surface area (Å²) >= 11 is 0. The normalized spacial score (nSPS) is 20.9. The second-order valence-corrected chi connectivity index (χ2v) is 3.61. The zero-order valence-electron chi connectivity index (χ0n) is 9.08. The van der Waals surface area contributed by atoms with Crippen molar-refractivity contribution in [2.24, 2.45) is 5.92 Å². The van der Waals surface area contributed by atoms with Gasteiger partial charge in [0.05, 0.1) is 6.61 Å². The molecule has 1 atom stereocenters. The van der Waals surface area contributed by atoms with E-state index in [1.807, 2.05) is 13.8 Å². The van der Waals surface area contributed by atoms with Crippen molar-refractivity contribution in [3.05, 3.63) is 0 Å². The fourth-order valence-electron chi connectivity index (χ4n) is 1.62. The molecule has 0 aromatic heterocycles. The smallest absolute Gasteiger partial charge is 0.409 e. The maximum atomic E-state index is 11.4. The van der Waals surface area contributed by atoms with Crippen LogP contribution in [0.3, 0.4) is 0 Å². The molecule has 1 heterocycles. The molecular formula is C10H20N2O2. The average molecular weight is 200 g/mol. The van der Waals surface area contributed by atoms with Gasteiger partial charge in [-0.3, -0.25) is 0 Å². The van der Waals surface area contributed by atoms with Gasteiger partial charge in [0.25, 0.3) is 0 Å². The van der Waals surface area contributed by atoms with Gasteiger partial charge in [-0.25, -0.2) is 4.79 Å². The summed E-state index contributed by atoms with van der Waals surface area (Å²) in [6.07, 6.45) is 0.938. The molecule has 0 spiro atoms. The Bertz CT molecular complexity index is 175. The molecule has 1 N–H and O–H groups in total. The Balaban J connectivity index is 2.18. The number of rotatable bonds is 4. The average Bonchev–Trinajstić information content (AvgIpc) is 2.69. The van der Waals surface area contributed by atoms with Gasteiger partial charge >= 0.3 is 6.09 Å². The molecule has 0 aromatic rings. The van der Waals surface area contributed by atoms with E-state index < -0.39 is 0 Å². The lowest BCUT2D eigenvalue weighted by molar-refractivity contribution is 0.0933. The van der Waals surface area contributed by atoms with Crippen molar-refractivity contribution in [1.82, 2.24) is 10.2 Å². The third kappa shape index (κ3) is 3.18. The number of hydrogen-bond acceptors (Lipinski definition) is 3. The maximum absolute atomic E-state index is 11.4. The first-order chi connectivity index (χ1) is 6.77. The van der Waals surface area contributed by atoms with Crippen molar-refractivity contribution < 1.29 is 9.53 Å². The zero-order chi connectivity index (χ0) is 10.4. The van der Waals surface area contributed by atoms with Crippen LogP contribution in [0.25, 0.3) is 0 Å². The minimum Gasteiger partial charge on any atom is -0.449 e. The number of nitrogens with one attached hydrogen (secondary N) is 1. The van der Waals surface area contributed by atoms with Crippen LogP contribution in [0.1, 0.15) is 20.3 Å². The summed E-state index contributed by atoms with van der Waals surface area (Å²) in [6.45, 7) is 7.95. The van der Waals surface area contributed by atoms with E-state index in [0.717, 1.165) is 32.6 Å². The van der Waals surface area contributed by atoms with Gasteiger partial charge in [-0.05, 0) is 26.8 Å². The summed E-state index contributed by atoms with van der Waals surface area (Å²) in [6, 6.07) is 0. The molecule has 0 radical (unpaired) electrons. The van der Waals surface area contributed by atoms with Crippen LogP contribution in [-0.4, -0.2) is 43.8 Å². The fourth-order valence-corrected chi connectivity index (χ4v) is 1.62. The largest absolute Gasteiger partial charge is 0.449 e. The molecule has 1 amide bonds. The molecule has 1 saturated heterocycles. The van der Waals surface area contributed by atoms with Crippen LogP contribution in [0.2, 0.25) is 0 Å². The molecule has 1 aliphatic rings. The molecule has 0 saturated carbocycles. The summed E-state index contributed by atoms with van der Waals surface area (Å²) in [7, 11) is 0. The van der Waals surface area contributed by atoms with Crippen LogP contribution in [0.4, 0.5) is 4.79 Å². The lowest BCUT2D eigenvalue weighted by atomic mass is 10.1. The lowest BCUT2D eigenvalue weighted by Crippen LogP contribution is -2.32. The van der Waals surface area contributed by atoms with Crippen LogP contribution in [0.15, 0.2) is 0 Å². The fraction of sp³-hybridized carbons (Fsp3) is 0.900. The lowest BCUT2D eigenvalue weighted by Gasteiger charge is -2.19. The van der Waals surface area contributed by atoms with E-state index in [4.69, 9.17) is 4.74 Å². The Morgan fingerprint density at radius 1 is 1.50 bits per heavy atom. The summed E-state index contributed by atoms with van der Waals surface area (Å²) in [5.41, 5.74) is 0. The molecule has 0 aliphatic carbocycles. The van der Waals surface area contributed by atoms with Crippen LogP contribution in [-0.2, 0) is 4.74 Å². The Kier molecular flexibility index (Phi) is 4.73. The van der Waals surface area contributed by atoms with Crippen molar-refractivity contribution in [2.45, 2.75) is 20.3 Å². The van der Waals surface area contributed by atoms with Crippen molar-refractivity contribution in [1.29, 1.82) is 0 Å². The first-order valence-corrected chi connectivity index (χ1v) is 5.40. The monoisotopic (exact) mass is 200 g/mol. The number of carbonyl (C=O) groups is 1. The minimum atomic E-state index is -0.179. The van der Waals surface area contributed by atoms with Crippen molar-refractivity contribution in [2.75, 3.05) is 32.8 Å². The third-order valence-corrected chi connectivity index (χ3v) is 2.63. The van der Waals surface area contributed by atoms with E-state index in [1.54, 1.807) is 4.90 Å². The SMILES string of the molecule is CCN(CC)C(=O)OCC1CCNC1. The van der Waals surface area contributed by atoms with Crippen LogP contribution >= 0.6 is 0 Å². The molecule has 14 heavy (non-hydrogen) atoms.